The molecule has 3 nitrogen and oxygen atoms in total. The molecule has 0 aliphatic heterocycles. The molecule has 17 heavy (non-hydrogen) atoms. The molecule has 1 N–H and O–H groups in total. The van der Waals surface area contributed by atoms with Gasteiger partial charge in [-0.25, -0.2) is 0 Å². The summed E-state index contributed by atoms with van der Waals surface area (Å²) in [6.45, 7) is 0. The second-order valence-electron chi connectivity index (χ2n) is 2.94. The lowest BCUT2D eigenvalue weighted by Crippen LogP contribution is -2.52. The standard InChI is InChI=1S/C5H4F8O3S/c6-3(7,8)1-2(17(14,15)16)4(9,10)5(11,12)13/h2H,1H2,(H,14,15,16). The fourth-order valence-electron chi connectivity index (χ4n) is 0.813. The van der Waals surface area contributed by atoms with Gasteiger partial charge in [0.25, 0.3) is 10.1 Å². The van der Waals surface area contributed by atoms with Gasteiger partial charge in [0.2, 0.25) is 0 Å². The molecule has 0 aliphatic carbocycles. The van der Waals surface area contributed by atoms with Crippen molar-refractivity contribution in [1.29, 1.82) is 0 Å². The van der Waals surface area contributed by atoms with Crippen LogP contribution in [0.5, 0.6) is 0 Å². The van der Waals surface area contributed by atoms with Gasteiger partial charge in [-0.2, -0.15) is 43.5 Å². The maximum atomic E-state index is 12.5. The van der Waals surface area contributed by atoms with E-state index in [1.54, 1.807) is 0 Å². The molecule has 0 heterocycles. The van der Waals surface area contributed by atoms with Crippen molar-refractivity contribution in [2.45, 2.75) is 29.9 Å². The summed E-state index contributed by atoms with van der Waals surface area (Å²) in [5, 5.41) is -4.32. The molecule has 0 saturated heterocycles. The first kappa shape index (κ1) is 16.4. The lowest BCUT2D eigenvalue weighted by Gasteiger charge is -2.26. The van der Waals surface area contributed by atoms with Crippen LogP contribution >= 0.6 is 0 Å². The normalized spacial score (nSPS) is 17.0. The first-order chi connectivity index (χ1) is 7.09. The largest absolute Gasteiger partial charge is 0.454 e. The molecule has 0 fully saturated rings. The topological polar surface area (TPSA) is 54.4 Å². The molecule has 0 bridgehead atoms. The molecule has 1 unspecified atom stereocenters. The van der Waals surface area contributed by atoms with Gasteiger partial charge < -0.3 is 0 Å². The van der Waals surface area contributed by atoms with Gasteiger partial charge in [0, 0.05) is 0 Å². The smallest absolute Gasteiger partial charge is 0.285 e. The monoisotopic (exact) mass is 296 g/mol. The van der Waals surface area contributed by atoms with E-state index in [4.69, 9.17) is 4.55 Å². The maximum Gasteiger partial charge on any atom is 0.454 e. The second-order valence-corrected chi connectivity index (χ2v) is 4.54. The molecular weight excluding hydrogens is 292 g/mol. The maximum absolute atomic E-state index is 12.5. The van der Waals surface area contributed by atoms with Gasteiger partial charge in [-0.05, 0) is 0 Å². The lowest BCUT2D eigenvalue weighted by atomic mass is 10.1. The Kier molecular flexibility index (Phi) is 4.06. The van der Waals surface area contributed by atoms with Crippen LogP contribution in [-0.4, -0.2) is 36.5 Å². The van der Waals surface area contributed by atoms with E-state index < -0.39 is 40.1 Å². The van der Waals surface area contributed by atoms with Crippen LogP contribution in [0.1, 0.15) is 6.42 Å². The average molecular weight is 296 g/mol. The Morgan fingerprint density at radius 3 is 1.47 bits per heavy atom. The van der Waals surface area contributed by atoms with E-state index in [0.29, 0.717) is 0 Å². The molecule has 0 radical (unpaired) electrons. The minimum absolute atomic E-state index is 3.02. The van der Waals surface area contributed by atoms with Gasteiger partial charge in [-0.15, -0.1) is 0 Å². The first-order valence-corrected chi connectivity index (χ1v) is 5.07. The van der Waals surface area contributed by atoms with Gasteiger partial charge in [0.1, 0.15) is 0 Å². The highest BCUT2D eigenvalue weighted by molar-refractivity contribution is 7.86. The van der Waals surface area contributed by atoms with Crippen LogP contribution in [0.3, 0.4) is 0 Å². The summed E-state index contributed by atoms with van der Waals surface area (Å²) in [7, 11) is -6.23. The minimum Gasteiger partial charge on any atom is -0.285 e. The molecule has 0 rings (SSSR count). The van der Waals surface area contributed by atoms with E-state index >= 15 is 0 Å². The first-order valence-electron chi connectivity index (χ1n) is 3.56. The molecule has 1 atom stereocenters. The molecule has 0 aromatic heterocycles. The van der Waals surface area contributed by atoms with Crippen LogP contribution in [0.25, 0.3) is 0 Å². The molecule has 0 aromatic rings. The Morgan fingerprint density at radius 1 is 0.941 bits per heavy atom. The van der Waals surface area contributed by atoms with Crippen LogP contribution in [0.15, 0.2) is 0 Å². The van der Waals surface area contributed by atoms with Crippen LogP contribution in [0.4, 0.5) is 35.1 Å². The Bertz CT molecular complexity index is 366. The van der Waals surface area contributed by atoms with Crippen LogP contribution < -0.4 is 0 Å². The zero-order valence-corrected chi connectivity index (χ0v) is 8.30. The second kappa shape index (κ2) is 4.23. The minimum atomic E-state index is -6.53. The van der Waals surface area contributed by atoms with Gasteiger partial charge in [0.05, 0.1) is 6.42 Å². The number of hydrogen-bond donors (Lipinski definition) is 1. The summed E-state index contributed by atoms with van der Waals surface area (Å²) in [6.07, 6.45) is -15.2. The highest BCUT2D eigenvalue weighted by atomic mass is 32.2. The molecule has 0 saturated carbocycles. The number of hydrogen-bond acceptors (Lipinski definition) is 2. The fourth-order valence-corrected chi connectivity index (χ4v) is 1.72. The highest BCUT2D eigenvalue weighted by Gasteiger charge is 2.67. The van der Waals surface area contributed by atoms with Crippen molar-refractivity contribution in [1.82, 2.24) is 0 Å². The zero-order valence-electron chi connectivity index (χ0n) is 7.48. The molecule has 0 amide bonds. The van der Waals surface area contributed by atoms with Crippen molar-refractivity contribution >= 4 is 10.1 Å². The van der Waals surface area contributed by atoms with Gasteiger partial charge in [-0.3, -0.25) is 4.55 Å². The molecule has 12 heteroatoms. The summed E-state index contributed by atoms with van der Waals surface area (Å²) in [5.41, 5.74) is 0. The van der Waals surface area contributed by atoms with Gasteiger partial charge in [-0.1, -0.05) is 0 Å². The predicted octanol–water partition coefficient (Wildman–Crippen LogP) is 2.39. The molecule has 0 spiro atoms. The fraction of sp³-hybridized carbons (Fsp3) is 1.00. The lowest BCUT2D eigenvalue weighted by molar-refractivity contribution is -0.288. The van der Waals surface area contributed by atoms with E-state index in [1.165, 1.54) is 0 Å². The molecule has 0 aliphatic rings. The predicted molar refractivity (Wildman–Crippen MR) is 37.0 cm³/mol. The third-order valence-electron chi connectivity index (χ3n) is 1.56. The quantitative estimate of drug-likeness (QED) is 0.642. The Hall–Kier alpha value is -0.650. The number of rotatable bonds is 3. The summed E-state index contributed by atoms with van der Waals surface area (Å²) in [5.74, 6) is -6.21. The van der Waals surface area contributed by atoms with E-state index in [2.05, 4.69) is 0 Å². The van der Waals surface area contributed by atoms with Crippen LogP contribution in [0.2, 0.25) is 0 Å². The third kappa shape index (κ3) is 4.26. The van der Waals surface area contributed by atoms with Crippen molar-refractivity contribution in [2.75, 3.05) is 0 Å². The van der Waals surface area contributed by atoms with E-state index in [-0.39, 0.29) is 0 Å². The van der Waals surface area contributed by atoms with Gasteiger partial charge >= 0.3 is 18.3 Å². The number of alkyl halides is 8. The van der Waals surface area contributed by atoms with Crippen molar-refractivity contribution in [2.24, 2.45) is 0 Å². The Balaban J connectivity index is 5.52. The SMILES string of the molecule is O=S(=O)(O)C(CC(F)(F)F)C(F)(F)C(F)(F)F. The third-order valence-corrected chi connectivity index (χ3v) is 2.74. The summed E-state index contributed by atoms with van der Waals surface area (Å²) < 4.78 is 123. The van der Waals surface area contributed by atoms with Gasteiger partial charge in [0.15, 0.2) is 5.25 Å². The van der Waals surface area contributed by atoms with Crippen molar-refractivity contribution < 1.29 is 48.1 Å². The highest BCUT2D eigenvalue weighted by Crippen LogP contribution is 2.44. The van der Waals surface area contributed by atoms with Crippen molar-refractivity contribution in [3.05, 3.63) is 0 Å². The van der Waals surface area contributed by atoms with E-state index in [1.807, 2.05) is 0 Å². The molecule has 104 valence electrons. The van der Waals surface area contributed by atoms with E-state index in [0.717, 1.165) is 0 Å². The Morgan fingerprint density at radius 2 is 1.29 bits per heavy atom. The van der Waals surface area contributed by atoms with E-state index in [9.17, 15) is 43.5 Å². The summed E-state index contributed by atoms with van der Waals surface area (Å²) in [4.78, 5) is 0. The molecular formula is C5H4F8O3S. The zero-order chi connectivity index (χ0) is 14.3. The number of halogens is 8. The van der Waals surface area contributed by atoms with Crippen molar-refractivity contribution in [3.8, 4) is 0 Å². The Labute approximate surface area is 89.2 Å². The summed E-state index contributed by atoms with van der Waals surface area (Å²) in [6, 6.07) is 0. The molecule has 0 aromatic carbocycles. The van der Waals surface area contributed by atoms with Crippen molar-refractivity contribution in [3.63, 3.8) is 0 Å². The van der Waals surface area contributed by atoms with Crippen LogP contribution in [0, 0.1) is 0 Å². The average Bonchev–Trinajstić information content (AvgIpc) is 1.93. The summed E-state index contributed by atoms with van der Waals surface area (Å²) >= 11 is 0. The van der Waals surface area contributed by atoms with Crippen LogP contribution in [-0.2, 0) is 10.1 Å².